The summed E-state index contributed by atoms with van der Waals surface area (Å²) in [5.74, 6) is -0.145. The van der Waals surface area contributed by atoms with E-state index in [2.05, 4.69) is 46.6 Å². The number of pyridine rings is 1. The van der Waals surface area contributed by atoms with Crippen LogP contribution in [0, 0.1) is 6.92 Å². The van der Waals surface area contributed by atoms with E-state index in [1.165, 1.54) is 16.4 Å². The first-order valence-corrected chi connectivity index (χ1v) is 10.5. The molecule has 0 radical (unpaired) electrons. The van der Waals surface area contributed by atoms with E-state index in [9.17, 15) is 4.79 Å². The van der Waals surface area contributed by atoms with Crippen LogP contribution in [0.25, 0.3) is 5.69 Å². The minimum Gasteiger partial charge on any atom is -0.323 e. The van der Waals surface area contributed by atoms with Crippen LogP contribution in [0.2, 0.25) is 10.2 Å². The molecule has 1 N–H and O–H groups in total. The predicted octanol–water partition coefficient (Wildman–Crippen LogP) is 4.70. The fourth-order valence-electron chi connectivity index (χ4n) is 2.50. The van der Waals surface area contributed by atoms with E-state index in [4.69, 9.17) is 23.2 Å². The molecule has 0 fully saturated rings. The summed E-state index contributed by atoms with van der Waals surface area (Å²) in [6, 6.07) is 9.27. The number of benzene rings is 1. The second-order valence-electron chi connectivity index (χ2n) is 7.42. The van der Waals surface area contributed by atoms with Crippen molar-refractivity contribution in [2.75, 3.05) is 11.1 Å². The summed E-state index contributed by atoms with van der Waals surface area (Å²) in [6.45, 7) is 8.17. The Bertz CT molecular complexity index is 1050. The molecule has 152 valence electrons. The van der Waals surface area contributed by atoms with Crippen LogP contribution in [0.3, 0.4) is 0 Å². The van der Waals surface area contributed by atoms with Crippen molar-refractivity contribution < 1.29 is 4.79 Å². The zero-order valence-corrected chi connectivity index (χ0v) is 18.7. The number of anilines is 1. The average Bonchev–Trinajstić information content (AvgIpc) is 3.10. The van der Waals surface area contributed by atoms with Crippen LogP contribution in [-0.2, 0) is 10.2 Å². The summed E-state index contributed by atoms with van der Waals surface area (Å²) < 4.78 is 1.52. The first-order chi connectivity index (χ1) is 13.6. The molecular weight excluding hydrogens is 431 g/mol. The third kappa shape index (κ3) is 5.26. The molecule has 0 bridgehead atoms. The Kier molecular flexibility index (Phi) is 6.45. The minimum absolute atomic E-state index is 0.0232. The molecular formula is C19H20Cl2N6OS. The molecule has 29 heavy (non-hydrogen) atoms. The molecule has 1 aromatic carbocycles. The number of rotatable bonds is 5. The highest BCUT2D eigenvalue weighted by molar-refractivity contribution is 7.99. The monoisotopic (exact) mass is 450 g/mol. The highest BCUT2D eigenvalue weighted by atomic mass is 35.5. The number of tetrazole rings is 1. The molecule has 1 amide bonds. The maximum atomic E-state index is 12.3. The van der Waals surface area contributed by atoms with Gasteiger partial charge in [0.25, 0.3) is 0 Å². The molecule has 0 aliphatic rings. The Morgan fingerprint density at radius 2 is 1.97 bits per heavy atom. The van der Waals surface area contributed by atoms with E-state index < -0.39 is 0 Å². The molecule has 0 atom stereocenters. The van der Waals surface area contributed by atoms with Crippen LogP contribution in [-0.4, -0.2) is 36.9 Å². The van der Waals surface area contributed by atoms with Crippen molar-refractivity contribution in [3.8, 4) is 5.69 Å². The number of nitrogens with zero attached hydrogens (tertiary/aromatic N) is 5. The molecule has 0 aliphatic carbocycles. The lowest BCUT2D eigenvalue weighted by Crippen LogP contribution is -2.15. The quantitative estimate of drug-likeness (QED) is 0.447. The van der Waals surface area contributed by atoms with E-state index in [1.807, 2.05) is 25.1 Å². The van der Waals surface area contributed by atoms with E-state index in [1.54, 1.807) is 12.1 Å². The largest absolute Gasteiger partial charge is 0.323 e. The summed E-state index contributed by atoms with van der Waals surface area (Å²) in [5, 5.41) is 15.7. The van der Waals surface area contributed by atoms with Gasteiger partial charge in [0.15, 0.2) is 5.15 Å². The number of aryl methyl sites for hydroxylation is 1. The lowest BCUT2D eigenvalue weighted by atomic mass is 9.87. The third-order valence-electron chi connectivity index (χ3n) is 4.08. The molecule has 3 rings (SSSR count). The zero-order chi connectivity index (χ0) is 21.2. The number of halogens is 2. The summed E-state index contributed by atoms with van der Waals surface area (Å²) in [4.78, 5) is 16.4. The number of thioether (sulfide) groups is 1. The first kappa shape index (κ1) is 21.5. The van der Waals surface area contributed by atoms with Gasteiger partial charge in [-0.15, -0.1) is 5.10 Å². The fraction of sp³-hybridized carbons (Fsp3) is 0.316. The maximum Gasteiger partial charge on any atom is 0.234 e. The Morgan fingerprint density at radius 3 is 2.62 bits per heavy atom. The Labute approximate surface area is 183 Å². The molecule has 7 nitrogen and oxygen atoms in total. The lowest BCUT2D eigenvalue weighted by molar-refractivity contribution is -0.113. The first-order valence-electron chi connectivity index (χ1n) is 8.80. The third-order valence-corrected chi connectivity index (χ3v) is 5.59. The Balaban J connectivity index is 1.71. The number of carbonyl (C=O) groups is 1. The number of carbonyl (C=O) groups excluding carboxylic acids is 1. The van der Waals surface area contributed by atoms with Crippen molar-refractivity contribution in [3.05, 3.63) is 51.8 Å². The SMILES string of the molecule is Cc1ccc(NC(=O)CSc2nnnn2-c2ccc(C(C)(C)C)cc2Cl)c(Cl)n1. The minimum atomic E-state index is -0.244. The summed E-state index contributed by atoms with van der Waals surface area (Å²) in [5.41, 5.74) is 2.97. The van der Waals surface area contributed by atoms with Gasteiger partial charge < -0.3 is 5.32 Å². The molecule has 0 aliphatic heterocycles. The maximum absolute atomic E-state index is 12.3. The molecule has 0 spiro atoms. The van der Waals surface area contributed by atoms with Gasteiger partial charge in [-0.2, -0.15) is 4.68 Å². The van der Waals surface area contributed by atoms with Crippen molar-refractivity contribution in [2.24, 2.45) is 0 Å². The number of hydrogen-bond donors (Lipinski definition) is 1. The van der Waals surface area contributed by atoms with Gasteiger partial charge in [0.05, 0.1) is 22.2 Å². The van der Waals surface area contributed by atoms with Gasteiger partial charge in [0.1, 0.15) is 0 Å². The van der Waals surface area contributed by atoms with Crippen LogP contribution in [0.1, 0.15) is 32.0 Å². The van der Waals surface area contributed by atoms with Crippen LogP contribution < -0.4 is 5.32 Å². The predicted molar refractivity (Wildman–Crippen MR) is 116 cm³/mol. The topological polar surface area (TPSA) is 85.6 Å². The summed E-state index contributed by atoms with van der Waals surface area (Å²) in [7, 11) is 0. The molecule has 0 saturated carbocycles. The van der Waals surface area contributed by atoms with Gasteiger partial charge in [-0.3, -0.25) is 4.79 Å². The van der Waals surface area contributed by atoms with Crippen molar-refractivity contribution in [1.29, 1.82) is 0 Å². The van der Waals surface area contributed by atoms with E-state index in [-0.39, 0.29) is 22.2 Å². The molecule has 10 heteroatoms. The van der Waals surface area contributed by atoms with Crippen molar-refractivity contribution in [2.45, 2.75) is 38.3 Å². The van der Waals surface area contributed by atoms with Crippen LogP contribution in [0.15, 0.2) is 35.5 Å². The number of aromatic nitrogens is 5. The Morgan fingerprint density at radius 1 is 1.21 bits per heavy atom. The second kappa shape index (κ2) is 8.69. The van der Waals surface area contributed by atoms with Crippen molar-refractivity contribution >= 4 is 46.6 Å². The van der Waals surface area contributed by atoms with Crippen molar-refractivity contribution in [3.63, 3.8) is 0 Å². The molecule has 2 heterocycles. The molecule has 2 aromatic heterocycles. The molecule has 0 saturated heterocycles. The van der Waals surface area contributed by atoms with Gasteiger partial charge in [-0.1, -0.05) is 61.8 Å². The van der Waals surface area contributed by atoms with Crippen LogP contribution in [0.5, 0.6) is 0 Å². The highest BCUT2D eigenvalue weighted by Crippen LogP contribution is 2.30. The highest BCUT2D eigenvalue weighted by Gasteiger charge is 2.18. The number of amides is 1. The van der Waals surface area contributed by atoms with Gasteiger partial charge >= 0.3 is 0 Å². The van der Waals surface area contributed by atoms with E-state index in [0.29, 0.717) is 21.6 Å². The van der Waals surface area contributed by atoms with Crippen LogP contribution in [0.4, 0.5) is 5.69 Å². The number of nitrogens with one attached hydrogen (secondary N) is 1. The zero-order valence-electron chi connectivity index (χ0n) is 16.4. The number of hydrogen-bond acceptors (Lipinski definition) is 6. The smallest absolute Gasteiger partial charge is 0.234 e. The van der Waals surface area contributed by atoms with Crippen molar-refractivity contribution in [1.82, 2.24) is 25.2 Å². The summed E-state index contributed by atoms with van der Waals surface area (Å²) in [6.07, 6.45) is 0. The fourth-order valence-corrected chi connectivity index (χ4v) is 3.69. The molecule has 3 aromatic rings. The van der Waals surface area contributed by atoms with Gasteiger partial charge in [-0.25, -0.2) is 4.98 Å². The van der Waals surface area contributed by atoms with E-state index in [0.717, 1.165) is 11.3 Å². The average molecular weight is 451 g/mol. The Hall–Kier alpha value is -2.16. The summed E-state index contributed by atoms with van der Waals surface area (Å²) >= 11 is 13.7. The lowest BCUT2D eigenvalue weighted by Gasteiger charge is -2.20. The van der Waals surface area contributed by atoms with Crippen LogP contribution >= 0.6 is 35.0 Å². The van der Waals surface area contributed by atoms with Gasteiger partial charge in [0, 0.05) is 5.69 Å². The van der Waals surface area contributed by atoms with Gasteiger partial charge in [-0.05, 0) is 52.6 Å². The second-order valence-corrected chi connectivity index (χ2v) is 9.13. The van der Waals surface area contributed by atoms with Gasteiger partial charge in [0.2, 0.25) is 11.1 Å². The molecule has 0 unspecified atom stereocenters. The standard InChI is InChI=1S/C19H20Cl2N6OS/c1-11-5-7-14(17(21)22-11)23-16(28)10-29-18-24-25-26-27(18)15-8-6-12(9-13(15)20)19(2,3)4/h5-9H,10H2,1-4H3,(H,23,28). The van der Waals surface area contributed by atoms with E-state index >= 15 is 0 Å². The normalized spacial score (nSPS) is 11.5.